The summed E-state index contributed by atoms with van der Waals surface area (Å²) in [5.74, 6) is 2.58. The van der Waals surface area contributed by atoms with Crippen LogP contribution in [0.15, 0.2) is 41.9 Å². The lowest BCUT2D eigenvalue weighted by atomic mass is 9.97. The number of terminal acetylenes is 1. The quantitative estimate of drug-likeness (QED) is 0.0813. The van der Waals surface area contributed by atoms with Crippen LogP contribution in [0.25, 0.3) is 11.4 Å². The number of aromatic nitrogens is 2. The zero-order chi connectivity index (χ0) is 33.2. The fourth-order valence-electron chi connectivity index (χ4n) is 4.49. The maximum Gasteiger partial charge on any atom is 0.156 e. The van der Waals surface area contributed by atoms with Gasteiger partial charge in [0.2, 0.25) is 0 Å². The molecule has 0 aliphatic heterocycles. The summed E-state index contributed by atoms with van der Waals surface area (Å²) in [6.45, 7) is 18.2. The van der Waals surface area contributed by atoms with Crippen LogP contribution in [0.4, 0.5) is 0 Å². The standard InChI is InChI=1S/C17H23ClN2O.C15H29NO2.C2H6.C2H2/c1-5-13-8-7-9-14(6-2)15(13)17-19-16(18)12(3)20(17)10-11-21-4;1-6-8-9-12-16(3)13-10-11-15(18-5)14(7-2)17-4;2*1-2/h7-9H,5-6,10-11H2,1-4H3;7,11H,6,8-10,12-13H2,1-5H3;1-2H3;1-2H/b;14-7+,15-11+;;. The fraction of sp³-hybridized carbons (Fsp3) is 0.583. The highest BCUT2D eigenvalue weighted by Gasteiger charge is 2.18. The molecule has 1 aromatic heterocycles. The topological polar surface area (TPSA) is 48.8 Å². The van der Waals surface area contributed by atoms with Gasteiger partial charge in [0.25, 0.3) is 0 Å². The monoisotopic (exact) mass is 617 g/mol. The Morgan fingerprint density at radius 2 is 1.56 bits per heavy atom. The Labute approximate surface area is 269 Å². The lowest BCUT2D eigenvalue weighted by molar-refractivity contribution is 0.187. The van der Waals surface area contributed by atoms with Crippen LogP contribution in [0.5, 0.6) is 0 Å². The average molecular weight is 618 g/mol. The van der Waals surface area contributed by atoms with Crippen LogP contribution >= 0.6 is 11.6 Å². The molecule has 244 valence electrons. The van der Waals surface area contributed by atoms with Crippen molar-refractivity contribution < 1.29 is 14.2 Å². The first-order valence-corrected chi connectivity index (χ1v) is 16.0. The van der Waals surface area contributed by atoms with E-state index < -0.39 is 0 Å². The summed E-state index contributed by atoms with van der Waals surface area (Å²) in [6.07, 6.45) is 18.8. The lowest BCUT2D eigenvalue weighted by Gasteiger charge is -2.15. The third-order valence-electron chi connectivity index (χ3n) is 6.83. The molecule has 0 fully saturated rings. The fourth-order valence-corrected chi connectivity index (χ4v) is 4.67. The van der Waals surface area contributed by atoms with Gasteiger partial charge in [-0.2, -0.15) is 0 Å². The van der Waals surface area contributed by atoms with Gasteiger partial charge in [0.15, 0.2) is 16.7 Å². The molecule has 0 aliphatic rings. The molecule has 1 heterocycles. The molecule has 7 heteroatoms. The molecule has 0 spiro atoms. The summed E-state index contributed by atoms with van der Waals surface area (Å²) in [5.41, 5.74) is 4.86. The van der Waals surface area contributed by atoms with Crippen molar-refractivity contribution in [3.63, 3.8) is 0 Å². The lowest BCUT2D eigenvalue weighted by Crippen LogP contribution is -2.20. The minimum atomic E-state index is 0.578. The number of hydrogen-bond donors (Lipinski definition) is 0. The number of allylic oxidation sites excluding steroid dienone is 1. The van der Waals surface area contributed by atoms with E-state index in [0.29, 0.717) is 11.8 Å². The Balaban J connectivity index is 0. The zero-order valence-electron chi connectivity index (χ0n) is 29.1. The predicted molar refractivity (Wildman–Crippen MR) is 187 cm³/mol. The second-order valence-electron chi connectivity index (χ2n) is 9.54. The Bertz CT molecular complexity index is 1050. The molecule has 0 radical (unpaired) electrons. The van der Waals surface area contributed by atoms with Gasteiger partial charge in [0.1, 0.15) is 5.82 Å². The molecule has 0 amide bonds. The molecule has 2 aromatic rings. The molecule has 6 nitrogen and oxygen atoms in total. The molecule has 43 heavy (non-hydrogen) atoms. The van der Waals surface area contributed by atoms with E-state index in [2.05, 4.69) is 79.4 Å². The molecule has 2 rings (SSSR count). The number of halogens is 1. The van der Waals surface area contributed by atoms with E-state index in [9.17, 15) is 0 Å². The Kier molecular flexibility index (Phi) is 26.5. The van der Waals surface area contributed by atoms with Crippen LogP contribution in [0.3, 0.4) is 0 Å². The van der Waals surface area contributed by atoms with Crippen molar-refractivity contribution in [3.05, 3.63) is 63.8 Å². The van der Waals surface area contributed by atoms with Crippen LogP contribution in [0, 0.1) is 19.8 Å². The summed E-state index contributed by atoms with van der Waals surface area (Å²) in [7, 11) is 7.23. The summed E-state index contributed by atoms with van der Waals surface area (Å²) >= 11 is 6.28. The number of ether oxygens (including phenoxy) is 3. The molecular formula is C36H60ClN3O3. The number of methoxy groups -OCH3 is 3. The molecule has 0 atom stereocenters. The van der Waals surface area contributed by atoms with E-state index in [1.807, 2.05) is 33.8 Å². The van der Waals surface area contributed by atoms with E-state index in [0.717, 1.165) is 55.4 Å². The Morgan fingerprint density at radius 3 is 2.02 bits per heavy atom. The number of nitrogens with zero attached hydrogens (tertiary/aromatic N) is 3. The molecular weight excluding hydrogens is 558 g/mol. The Hall–Kier alpha value is -2.72. The van der Waals surface area contributed by atoms with E-state index in [1.165, 1.54) is 42.5 Å². The minimum absolute atomic E-state index is 0.578. The number of unbranched alkanes of at least 4 members (excludes halogenated alkanes) is 2. The van der Waals surface area contributed by atoms with E-state index >= 15 is 0 Å². The van der Waals surface area contributed by atoms with Gasteiger partial charge in [-0.1, -0.05) is 77.3 Å². The van der Waals surface area contributed by atoms with Crippen molar-refractivity contribution in [2.45, 2.75) is 93.5 Å². The van der Waals surface area contributed by atoms with Crippen molar-refractivity contribution in [1.82, 2.24) is 14.5 Å². The van der Waals surface area contributed by atoms with Crippen LogP contribution in [0.2, 0.25) is 5.15 Å². The second-order valence-corrected chi connectivity index (χ2v) is 9.90. The number of benzene rings is 1. The molecule has 0 bridgehead atoms. The van der Waals surface area contributed by atoms with Crippen molar-refractivity contribution >= 4 is 11.6 Å². The van der Waals surface area contributed by atoms with Crippen LogP contribution in [0.1, 0.15) is 84.0 Å². The first-order chi connectivity index (χ1) is 20.8. The highest BCUT2D eigenvalue weighted by atomic mass is 35.5. The maximum atomic E-state index is 6.28. The van der Waals surface area contributed by atoms with Gasteiger partial charge < -0.3 is 23.7 Å². The van der Waals surface area contributed by atoms with Crippen LogP contribution < -0.4 is 0 Å². The molecule has 0 aliphatic carbocycles. The zero-order valence-corrected chi connectivity index (χ0v) is 29.8. The number of aryl methyl sites for hydroxylation is 2. The molecule has 0 saturated carbocycles. The summed E-state index contributed by atoms with van der Waals surface area (Å²) < 4.78 is 18.0. The second kappa shape index (κ2) is 26.9. The van der Waals surface area contributed by atoms with Crippen molar-refractivity contribution in [2.75, 3.05) is 48.1 Å². The van der Waals surface area contributed by atoms with Gasteiger partial charge in [-0.05, 0) is 76.4 Å². The third kappa shape index (κ3) is 15.0. The van der Waals surface area contributed by atoms with Gasteiger partial charge in [0.05, 0.1) is 26.5 Å². The number of imidazole rings is 1. The van der Waals surface area contributed by atoms with Gasteiger partial charge in [-0.25, -0.2) is 4.98 Å². The van der Waals surface area contributed by atoms with E-state index in [-0.39, 0.29) is 0 Å². The van der Waals surface area contributed by atoms with Crippen LogP contribution in [-0.2, 0) is 33.6 Å². The van der Waals surface area contributed by atoms with Gasteiger partial charge in [-0.3, -0.25) is 0 Å². The van der Waals surface area contributed by atoms with Crippen molar-refractivity contribution in [1.29, 1.82) is 0 Å². The molecule has 0 unspecified atom stereocenters. The SMILES string of the molecule is C#C.C/C=C(OC)\C(=C/CCN(C)CCCCC)OC.CC.CCc1cccc(CC)c1-c1nc(Cl)c(C)n1CCOC. The number of hydrogen-bond acceptors (Lipinski definition) is 5. The predicted octanol–water partition coefficient (Wildman–Crippen LogP) is 9.14. The summed E-state index contributed by atoms with van der Waals surface area (Å²) in [4.78, 5) is 6.99. The normalized spacial score (nSPS) is 11.0. The maximum absolute atomic E-state index is 6.28. The van der Waals surface area contributed by atoms with Gasteiger partial charge >= 0.3 is 0 Å². The first kappa shape index (κ1) is 42.4. The van der Waals surface area contributed by atoms with Gasteiger partial charge in [0, 0.05) is 25.8 Å². The highest BCUT2D eigenvalue weighted by Crippen LogP contribution is 2.31. The highest BCUT2D eigenvalue weighted by molar-refractivity contribution is 6.30. The van der Waals surface area contributed by atoms with Crippen molar-refractivity contribution in [2.24, 2.45) is 0 Å². The van der Waals surface area contributed by atoms with Crippen LogP contribution in [-0.4, -0.2) is 62.5 Å². The molecule has 0 saturated heterocycles. The third-order valence-corrected chi connectivity index (χ3v) is 7.19. The minimum Gasteiger partial charge on any atom is -0.493 e. The molecule has 0 N–H and O–H groups in total. The number of rotatable bonds is 16. The average Bonchev–Trinajstić information content (AvgIpc) is 3.33. The summed E-state index contributed by atoms with van der Waals surface area (Å²) in [6, 6.07) is 6.47. The van der Waals surface area contributed by atoms with E-state index in [4.69, 9.17) is 25.8 Å². The first-order valence-electron chi connectivity index (χ1n) is 15.6. The smallest absolute Gasteiger partial charge is 0.156 e. The van der Waals surface area contributed by atoms with E-state index in [1.54, 1.807) is 21.3 Å². The largest absolute Gasteiger partial charge is 0.493 e. The summed E-state index contributed by atoms with van der Waals surface area (Å²) in [5, 5.41) is 0.578. The molecule has 1 aromatic carbocycles. The van der Waals surface area contributed by atoms with Crippen molar-refractivity contribution in [3.8, 4) is 24.2 Å². The van der Waals surface area contributed by atoms with Gasteiger partial charge in [-0.15, -0.1) is 12.8 Å². The Morgan fingerprint density at radius 1 is 0.977 bits per heavy atom.